The van der Waals surface area contributed by atoms with Crippen molar-refractivity contribution >= 4 is 23.3 Å². The van der Waals surface area contributed by atoms with Crippen molar-refractivity contribution < 1.29 is 9.53 Å². The summed E-state index contributed by atoms with van der Waals surface area (Å²) in [6.07, 6.45) is 7.48. The van der Waals surface area contributed by atoms with Gasteiger partial charge in [0.1, 0.15) is 5.65 Å². The summed E-state index contributed by atoms with van der Waals surface area (Å²) < 4.78 is 7.63. The molecule has 0 unspecified atom stereocenters. The Balaban J connectivity index is 1.28. The van der Waals surface area contributed by atoms with E-state index in [1.165, 1.54) is 12.8 Å². The fourth-order valence-corrected chi connectivity index (χ4v) is 3.93. The highest BCUT2D eigenvalue weighted by Gasteiger charge is 2.20. The number of nitrogens with zero attached hydrogens (tertiary/aromatic N) is 2. The van der Waals surface area contributed by atoms with Crippen molar-refractivity contribution in [1.29, 1.82) is 0 Å². The Morgan fingerprint density at radius 3 is 2.93 bits per heavy atom. The van der Waals surface area contributed by atoms with Crippen LogP contribution in [0.5, 0.6) is 0 Å². The third kappa shape index (κ3) is 5.14. The Kier molecular flexibility index (Phi) is 6.29. The summed E-state index contributed by atoms with van der Waals surface area (Å²) in [5, 5.41) is 3.01. The summed E-state index contributed by atoms with van der Waals surface area (Å²) in [7, 11) is 0. The van der Waals surface area contributed by atoms with Crippen LogP contribution in [0.1, 0.15) is 35.3 Å². The zero-order valence-corrected chi connectivity index (χ0v) is 16.7. The number of benzene rings is 1. The van der Waals surface area contributed by atoms with Gasteiger partial charge in [-0.15, -0.1) is 11.8 Å². The van der Waals surface area contributed by atoms with Crippen LogP contribution < -0.4 is 5.32 Å². The Morgan fingerprint density at radius 2 is 2.07 bits per heavy atom. The van der Waals surface area contributed by atoms with Crippen LogP contribution in [0.25, 0.3) is 5.65 Å². The van der Waals surface area contributed by atoms with E-state index in [-0.39, 0.29) is 5.91 Å². The molecule has 1 fully saturated rings. The molecule has 1 saturated carbocycles. The molecule has 0 saturated heterocycles. The van der Waals surface area contributed by atoms with E-state index in [2.05, 4.69) is 10.3 Å². The first-order valence-corrected chi connectivity index (χ1v) is 10.8. The third-order valence-corrected chi connectivity index (χ3v) is 5.83. The van der Waals surface area contributed by atoms with E-state index in [9.17, 15) is 4.79 Å². The number of fused-ring (bicyclic) bond motifs is 1. The molecule has 1 aliphatic rings. The van der Waals surface area contributed by atoms with E-state index in [4.69, 9.17) is 4.74 Å². The second kappa shape index (κ2) is 9.26. The van der Waals surface area contributed by atoms with Crippen LogP contribution in [0, 0.1) is 5.92 Å². The maximum Gasteiger partial charge on any atom is 0.252 e. The maximum atomic E-state index is 12.6. The van der Waals surface area contributed by atoms with Gasteiger partial charge in [-0.2, -0.15) is 0 Å². The average molecular weight is 396 g/mol. The molecule has 1 aliphatic carbocycles. The lowest BCUT2D eigenvalue weighted by atomic mass is 10.2. The zero-order valence-electron chi connectivity index (χ0n) is 15.8. The predicted octanol–water partition coefficient (Wildman–Crippen LogP) is 4.17. The largest absolute Gasteiger partial charge is 0.381 e. The average Bonchev–Trinajstić information content (AvgIpc) is 3.45. The predicted molar refractivity (Wildman–Crippen MR) is 112 cm³/mol. The van der Waals surface area contributed by atoms with Crippen LogP contribution in [0.15, 0.2) is 59.8 Å². The van der Waals surface area contributed by atoms with Crippen LogP contribution in [0.2, 0.25) is 0 Å². The number of thioether (sulfide) groups is 1. The van der Waals surface area contributed by atoms with Crippen molar-refractivity contribution in [2.75, 3.05) is 19.8 Å². The first-order valence-electron chi connectivity index (χ1n) is 9.80. The molecule has 1 aromatic carbocycles. The summed E-state index contributed by atoms with van der Waals surface area (Å²) in [4.78, 5) is 18.2. The van der Waals surface area contributed by atoms with E-state index in [1.54, 1.807) is 11.8 Å². The van der Waals surface area contributed by atoms with Crippen LogP contribution in [-0.4, -0.2) is 35.1 Å². The molecule has 2 heterocycles. The van der Waals surface area contributed by atoms with Crippen molar-refractivity contribution in [3.05, 3.63) is 66.1 Å². The molecule has 6 heteroatoms. The van der Waals surface area contributed by atoms with E-state index >= 15 is 0 Å². The summed E-state index contributed by atoms with van der Waals surface area (Å²) in [6, 6.07) is 13.7. The molecular weight excluding hydrogens is 370 g/mol. The topological polar surface area (TPSA) is 55.6 Å². The van der Waals surface area contributed by atoms with Crippen molar-refractivity contribution in [2.45, 2.75) is 29.9 Å². The summed E-state index contributed by atoms with van der Waals surface area (Å²) >= 11 is 1.64. The molecule has 0 atom stereocenters. The fourth-order valence-electron chi connectivity index (χ4n) is 2.99. The first-order chi connectivity index (χ1) is 13.8. The van der Waals surface area contributed by atoms with Crippen molar-refractivity contribution in [3.63, 3.8) is 0 Å². The minimum absolute atomic E-state index is 0.0275. The van der Waals surface area contributed by atoms with Crippen LogP contribution in [0.3, 0.4) is 0 Å². The normalized spacial score (nSPS) is 13.7. The van der Waals surface area contributed by atoms with Gasteiger partial charge >= 0.3 is 0 Å². The molecule has 2 aromatic heterocycles. The van der Waals surface area contributed by atoms with Gasteiger partial charge in [0.05, 0.1) is 11.3 Å². The zero-order chi connectivity index (χ0) is 19.2. The fraction of sp³-hybridized carbons (Fsp3) is 0.364. The number of aromatic nitrogens is 2. The Hall–Kier alpha value is -2.31. The van der Waals surface area contributed by atoms with E-state index < -0.39 is 0 Å². The van der Waals surface area contributed by atoms with Gasteiger partial charge in [-0.25, -0.2) is 4.98 Å². The summed E-state index contributed by atoms with van der Waals surface area (Å²) in [5.74, 6) is 1.48. The van der Waals surface area contributed by atoms with Gasteiger partial charge in [-0.05, 0) is 49.4 Å². The molecule has 146 valence electrons. The standard InChI is InChI=1S/C22H25N3O2S/c26-22(23-11-5-13-27-15-17-9-10-17)19-6-1-2-7-20(19)28-16-18-14-25-12-4-3-8-21(25)24-18/h1-4,6-8,12,14,17H,5,9-11,13,15-16H2,(H,23,26). The SMILES string of the molecule is O=C(NCCCOCC1CC1)c1ccccc1SCc1cn2ccccc2n1. The number of imidazole rings is 1. The van der Waals surface area contributed by atoms with Gasteiger partial charge in [-0.3, -0.25) is 4.79 Å². The highest BCUT2D eigenvalue weighted by molar-refractivity contribution is 7.98. The third-order valence-electron chi connectivity index (χ3n) is 4.72. The van der Waals surface area contributed by atoms with Gasteiger partial charge in [0.2, 0.25) is 0 Å². The molecule has 5 nitrogen and oxygen atoms in total. The monoisotopic (exact) mass is 395 g/mol. The Labute approximate surface area is 169 Å². The lowest BCUT2D eigenvalue weighted by Crippen LogP contribution is -2.25. The van der Waals surface area contributed by atoms with Gasteiger partial charge in [0.25, 0.3) is 5.91 Å². The lowest BCUT2D eigenvalue weighted by molar-refractivity contribution is 0.0934. The number of nitrogens with one attached hydrogen (secondary N) is 1. The number of amides is 1. The number of carbonyl (C=O) groups is 1. The number of hydrogen-bond donors (Lipinski definition) is 1. The van der Waals surface area contributed by atoms with Gasteiger partial charge in [-0.1, -0.05) is 18.2 Å². The lowest BCUT2D eigenvalue weighted by Gasteiger charge is -2.09. The van der Waals surface area contributed by atoms with Gasteiger partial charge < -0.3 is 14.5 Å². The second-order valence-electron chi connectivity index (χ2n) is 7.11. The van der Waals surface area contributed by atoms with Gasteiger partial charge in [0.15, 0.2) is 0 Å². The molecule has 28 heavy (non-hydrogen) atoms. The highest BCUT2D eigenvalue weighted by Crippen LogP contribution is 2.28. The molecule has 3 aromatic rings. The number of pyridine rings is 1. The molecule has 4 rings (SSSR count). The summed E-state index contributed by atoms with van der Waals surface area (Å²) in [5.41, 5.74) is 2.66. The quantitative estimate of drug-likeness (QED) is 0.413. The molecule has 1 N–H and O–H groups in total. The number of carbonyl (C=O) groups excluding carboxylic acids is 1. The molecule has 0 bridgehead atoms. The van der Waals surface area contributed by atoms with Crippen molar-refractivity contribution in [1.82, 2.24) is 14.7 Å². The minimum atomic E-state index is -0.0275. The summed E-state index contributed by atoms with van der Waals surface area (Å²) in [6.45, 7) is 2.21. The number of rotatable bonds is 10. The van der Waals surface area contributed by atoms with Crippen LogP contribution in [-0.2, 0) is 10.5 Å². The van der Waals surface area contributed by atoms with Gasteiger partial charge in [0, 0.05) is 42.8 Å². The van der Waals surface area contributed by atoms with E-state index in [0.717, 1.165) is 46.5 Å². The van der Waals surface area contributed by atoms with E-state index in [0.29, 0.717) is 13.2 Å². The maximum absolute atomic E-state index is 12.6. The number of hydrogen-bond acceptors (Lipinski definition) is 4. The number of ether oxygens (including phenoxy) is 1. The van der Waals surface area contributed by atoms with Crippen molar-refractivity contribution in [2.24, 2.45) is 5.92 Å². The van der Waals surface area contributed by atoms with E-state index in [1.807, 2.05) is 59.3 Å². The van der Waals surface area contributed by atoms with Crippen LogP contribution in [0.4, 0.5) is 0 Å². The van der Waals surface area contributed by atoms with Crippen molar-refractivity contribution in [3.8, 4) is 0 Å². The van der Waals surface area contributed by atoms with Crippen LogP contribution >= 0.6 is 11.8 Å². The minimum Gasteiger partial charge on any atom is -0.381 e. The molecule has 0 spiro atoms. The Morgan fingerprint density at radius 1 is 1.21 bits per heavy atom. The Bertz CT molecular complexity index is 903. The molecule has 1 amide bonds. The first kappa shape index (κ1) is 19.0. The molecular formula is C22H25N3O2S. The smallest absolute Gasteiger partial charge is 0.252 e. The second-order valence-corrected chi connectivity index (χ2v) is 8.13. The highest BCUT2D eigenvalue weighted by atomic mass is 32.2. The molecule has 0 radical (unpaired) electrons. The molecule has 0 aliphatic heterocycles.